The summed E-state index contributed by atoms with van der Waals surface area (Å²) in [5.74, 6) is -0.788. The molecule has 3 rings (SSSR count). The van der Waals surface area contributed by atoms with E-state index in [-0.39, 0.29) is 30.1 Å². The molecule has 0 saturated carbocycles. The van der Waals surface area contributed by atoms with Gasteiger partial charge in [0.05, 0.1) is 10.6 Å². The highest BCUT2D eigenvalue weighted by Crippen LogP contribution is 2.44. The number of benzene rings is 2. The van der Waals surface area contributed by atoms with Gasteiger partial charge in [-0.1, -0.05) is 36.8 Å². The van der Waals surface area contributed by atoms with Crippen LogP contribution in [0.4, 0.5) is 4.79 Å². The minimum Gasteiger partial charge on any atom is -0.487 e. The number of sulfone groups is 1. The molecule has 10 heteroatoms. The molecule has 1 aliphatic heterocycles. The molecule has 9 nitrogen and oxygen atoms in total. The van der Waals surface area contributed by atoms with E-state index < -0.39 is 39.3 Å². The Morgan fingerprint density at radius 3 is 2.38 bits per heavy atom. The first-order valence-corrected chi connectivity index (χ1v) is 15.1. The summed E-state index contributed by atoms with van der Waals surface area (Å²) in [4.78, 5) is 25.6. The van der Waals surface area contributed by atoms with Crippen LogP contribution in [0.1, 0.15) is 67.3 Å². The zero-order chi connectivity index (χ0) is 29.8. The van der Waals surface area contributed by atoms with Crippen molar-refractivity contribution in [3.63, 3.8) is 0 Å². The molecule has 0 fully saturated rings. The fourth-order valence-electron chi connectivity index (χ4n) is 5.19. The second kappa shape index (κ2) is 12.4. The summed E-state index contributed by atoms with van der Waals surface area (Å²) in [5, 5.41) is 18.0. The van der Waals surface area contributed by atoms with Crippen molar-refractivity contribution in [3.05, 3.63) is 58.1 Å². The van der Waals surface area contributed by atoms with Crippen LogP contribution in [-0.2, 0) is 32.4 Å². The molecular formula is C30H40N2O7S. The number of fused-ring (bicyclic) bond motifs is 1. The van der Waals surface area contributed by atoms with Gasteiger partial charge in [0.2, 0.25) is 0 Å². The van der Waals surface area contributed by atoms with Crippen LogP contribution >= 0.6 is 0 Å². The molecule has 1 atom stereocenters. The summed E-state index contributed by atoms with van der Waals surface area (Å²) in [6.07, 6.45) is 1.08. The van der Waals surface area contributed by atoms with E-state index in [4.69, 9.17) is 14.9 Å². The topological polar surface area (TPSA) is 134 Å². The Kier molecular flexibility index (Phi) is 9.66. The second-order valence-corrected chi connectivity index (χ2v) is 13.1. The molecular weight excluding hydrogens is 532 g/mol. The third kappa shape index (κ3) is 7.21. The number of nitrogens with zero attached hydrogens (tertiary/aromatic N) is 1. The highest BCUT2D eigenvalue weighted by Gasteiger charge is 2.36. The summed E-state index contributed by atoms with van der Waals surface area (Å²) in [6, 6.07) is 8.01. The number of amides is 1. The van der Waals surface area contributed by atoms with Crippen LogP contribution in [0, 0.1) is 26.2 Å². The number of ether oxygens (including phenoxy) is 2. The highest BCUT2D eigenvalue weighted by atomic mass is 32.2. The third-order valence-electron chi connectivity index (χ3n) is 7.42. The number of nitrogens with one attached hydrogen (secondary N) is 1. The van der Waals surface area contributed by atoms with E-state index in [0.717, 1.165) is 27.3 Å². The van der Waals surface area contributed by atoms with E-state index in [2.05, 4.69) is 0 Å². The van der Waals surface area contributed by atoms with Gasteiger partial charge in [0.15, 0.2) is 9.84 Å². The molecule has 218 valence electrons. The van der Waals surface area contributed by atoms with Crippen LogP contribution in [0.3, 0.4) is 0 Å². The minimum atomic E-state index is -3.77. The van der Waals surface area contributed by atoms with Gasteiger partial charge in [-0.15, -0.1) is 0 Å². The van der Waals surface area contributed by atoms with Gasteiger partial charge < -0.3 is 20.0 Å². The number of carbonyl (C=O) groups excluding carboxylic acids is 1. The molecule has 1 aliphatic rings. The van der Waals surface area contributed by atoms with Crippen molar-refractivity contribution in [1.82, 2.24) is 4.90 Å². The van der Waals surface area contributed by atoms with Gasteiger partial charge in [0.1, 0.15) is 24.0 Å². The Morgan fingerprint density at radius 2 is 1.75 bits per heavy atom. The second-order valence-electron chi connectivity index (χ2n) is 11.2. The van der Waals surface area contributed by atoms with Crippen molar-refractivity contribution >= 4 is 27.6 Å². The van der Waals surface area contributed by atoms with Gasteiger partial charge in [0.25, 0.3) is 0 Å². The van der Waals surface area contributed by atoms with Crippen LogP contribution in [0.2, 0.25) is 0 Å². The molecule has 2 aromatic rings. The molecule has 1 amide bonds. The molecule has 0 saturated heterocycles. The number of likely N-dealkylation sites (N-methyl/N-ethyl adjacent to an activating group) is 1. The van der Waals surface area contributed by atoms with Crippen molar-refractivity contribution in [2.24, 2.45) is 0 Å². The van der Waals surface area contributed by atoms with E-state index in [9.17, 15) is 23.1 Å². The van der Waals surface area contributed by atoms with Crippen molar-refractivity contribution < 1.29 is 32.6 Å². The maximum absolute atomic E-state index is 13.4. The average Bonchev–Trinajstić information content (AvgIpc) is 3.21. The monoisotopic (exact) mass is 572 g/mol. The van der Waals surface area contributed by atoms with Gasteiger partial charge in [-0.2, -0.15) is 0 Å². The highest BCUT2D eigenvalue weighted by molar-refractivity contribution is 7.92. The molecule has 0 aliphatic carbocycles. The third-order valence-corrected chi connectivity index (χ3v) is 9.38. The van der Waals surface area contributed by atoms with Crippen LogP contribution in [0.25, 0.3) is 0 Å². The first kappa shape index (κ1) is 31.1. The number of carbonyl (C=O) groups is 2. The van der Waals surface area contributed by atoms with Crippen molar-refractivity contribution in [2.75, 3.05) is 12.8 Å². The SMILES string of the molecule is Cc1c(C)c(S(=O)(=O)CC(=N)CCCC[C@@H](C(=O)O)N(C)C(=O)OCc2ccccc2)c(C)c2c1OC(C)(C)C2. The number of carboxylic acids is 1. The van der Waals surface area contributed by atoms with Crippen LogP contribution in [0.5, 0.6) is 5.75 Å². The Labute approximate surface area is 236 Å². The standard InChI is InChI=1S/C30H40N2O7S/c1-19-20(2)27(21(3)24-16-30(4,5)39-26(19)24)40(36,37)18-23(31)14-10-11-15-25(28(33)34)32(6)29(35)38-17-22-12-8-7-9-13-22/h7-9,12-13,25,31H,10-11,14-18H2,1-6H3,(H,33,34)/t25-/m0/s1. The molecule has 1 heterocycles. The van der Waals surface area contributed by atoms with Crippen LogP contribution < -0.4 is 4.74 Å². The Bertz CT molecular complexity index is 1380. The van der Waals surface area contributed by atoms with Crippen molar-refractivity contribution in [1.29, 1.82) is 5.41 Å². The summed E-state index contributed by atoms with van der Waals surface area (Å²) < 4.78 is 38.2. The number of hydrogen-bond acceptors (Lipinski definition) is 7. The number of rotatable bonds is 12. The van der Waals surface area contributed by atoms with Crippen LogP contribution in [-0.4, -0.2) is 60.6 Å². The van der Waals surface area contributed by atoms with Gasteiger partial charge in [0, 0.05) is 24.7 Å². The normalized spacial score (nSPS) is 14.7. The zero-order valence-corrected chi connectivity index (χ0v) is 25.0. The Morgan fingerprint density at radius 1 is 1.10 bits per heavy atom. The van der Waals surface area contributed by atoms with E-state index in [0.29, 0.717) is 30.4 Å². The van der Waals surface area contributed by atoms with Gasteiger partial charge in [-0.05, 0) is 76.1 Å². The van der Waals surface area contributed by atoms with Gasteiger partial charge in [-0.3, -0.25) is 4.90 Å². The summed E-state index contributed by atoms with van der Waals surface area (Å²) in [7, 11) is -2.38. The number of unbranched alkanes of at least 4 members (excludes halogenated alkanes) is 1. The zero-order valence-electron chi connectivity index (χ0n) is 24.2. The molecule has 40 heavy (non-hydrogen) atoms. The fraction of sp³-hybridized carbons (Fsp3) is 0.500. The summed E-state index contributed by atoms with van der Waals surface area (Å²) >= 11 is 0. The number of aliphatic carboxylic acids is 1. The predicted octanol–water partition coefficient (Wildman–Crippen LogP) is 5.40. The molecule has 0 spiro atoms. The number of hydrogen-bond donors (Lipinski definition) is 2. The van der Waals surface area contributed by atoms with E-state index >= 15 is 0 Å². The lowest BCUT2D eigenvalue weighted by molar-refractivity contribution is -0.142. The van der Waals surface area contributed by atoms with E-state index in [1.807, 2.05) is 39.0 Å². The maximum Gasteiger partial charge on any atom is 0.410 e. The smallest absolute Gasteiger partial charge is 0.410 e. The minimum absolute atomic E-state index is 0.0372. The summed E-state index contributed by atoms with van der Waals surface area (Å²) in [6.45, 7) is 9.44. The average molecular weight is 573 g/mol. The molecule has 0 radical (unpaired) electrons. The summed E-state index contributed by atoms with van der Waals surface area (Å²) in [5.41, 5.74) is 3.50. The Hall–Kier alpha value is -3.40. The van der Waals surface area contributed by atoms with Crippen molar-refractivity contribution in [2.45, 2.75) is 89.9 Å². The molecule has 0 unspecified atom stereocenters. The predicted molar refractivity (Wildman–Crippen MR) is 153 cm³/mol. The molecule has 2 aromatic carbocycles. The van der Waals surface area contributed by atoms with E-state index in [1.54, 1.807) is 26.0 Å². The quantitative estimate of drug-likeness (QED) is 0.257. The largest absolute Gasteiger partial charge is 0.487 e. The first-order chi connectivity index (χ1) is 18.6. The number of carboxylic acid groups (broad SMARTS) is 1. The van der Waals surface area contributed by atoms with Crippen molar-refractivity contribution in [3.8, 4) is 5.75 Å². The lowest BCUT2D eigenvalue weighted by Gasteiger charge is -2.24. The molecule has 0 aromatic heterocycles. The maximum atomic E-state index is 13.4. The van der Waals surface area contributed by atoms with Gasteiger partial charge >= 0.3 is 12.1 Å². The van der Waals surface area contributed by atoms with Gasteiger partial charge in [-0.25, -0.2) is 18.0 Å². The lowest BCUT2D eigenvalue weighted by atomic mass is 9.94. The molecule has 2 N–H and O–H groups in total. The van der Waals surface area contributed by atoms with E-state index in [1.165, 1.54) is 7.05 Å². The van der Waals surface area contributed by atoms with Crippen LogP contribution in [0.15, 0.2) is 35.2 Å². The first-order valence-electron chi connectivity index (χ1n) is 13.4. The fourth-order valence-corrected chi connectivity index (χ4v) is 7.15. The Balaban J connectivity index is 1.56. The lowest BCUT2D eigenvalue weighted by Crippen LogP contribution is -2.42. The molecule has 0 bridgehead atoms.